The van der Waals surface area contributed by atoms with Gasteiger partial charge in [0, 0.05) is 31.6 Å². The van der Waals surface area contributed by atoms with Gasteiger partial charge in [0.25, 0.3) is 5.91 Å². The van der Waals surface area contributed by atoms with Crippen LogP contribution < -0.4 is 15.7 Å². The van der Waals surface area contributed by atoms with Gasteiger partial charge in [-0.2, -0.15) is 0 Å². The number of nitrogens with two attached hydrogens (primary N) is 1. The second-order valence-corrected chi connectivity index (χ2v) is 10.6. The normalized spacial score (nSPS) is 20.5. The van der Waals surface area contributed by atoms with Crippen LogP contribution in [0.25, 0.3) is 0 Å². The minimum Gasteiger partial charge on any atom is -0.423 e. The summed E-state index contributed by atoms with van der Waals surface area (Å²) in [5.41, 5.74) is 11.6. The molecule has 2 aliphatic heterocycles. The van der Waals surface area contributed by atoms with Gasteiger partial charge in [-0.3, -0.25) is 9.28 Å². The van der Waals surface area contributed by atoms with Crippen molar-refractivity contribution in [1.82, 2.24) is 9.38 Å². The molecule has 4 N–H and O–H groups in total. The van der Waals surface area contributed by atoms with Gasteiger partial charge in [0.15, 0.2) is 0 Å². The Kier molecular flexibility index (Phi) is 8.32. The molecule has 2 aromatic rings. The van der Waals surface area contributed by atoms with Crippen molar-refractivity contribution in [3.8, 4) is 0 Å². The monoisotopic (exact) mass is 478 g/mol. The van der Waals surface area contributed by atoms with Crippen LogP contribution in [0.15, 0.2) is 36.4 Å². The predicted molar refractivity (Wildman–Crippen MR) is 144 cm³/mol. The Labute approximate surface area is 210 Å². The second kappa shape index (κ2) is 11.3. The summed E-state index contributed by atoms with van der Waals surface area (Å²) in [6, 6.07) is 12.1. The van der Waals surface area contributed by atoms with Crippen LogP contribution in [0.3, 0.4) is 0 Å². The van der Waals surface area contributed by atoms with Gasteiger partial charge in [0.2, 0.25) is 0 Å². The molecule has 1 fully saturated rings. The smallest absolute Gasteiger partial charge is 0.423 e. The summed E-state index contributed by atoms with van der Waals surface area (Å²) in [7, 11) is 0.698. The average Bonchev–Trinajstić information content (AvgIpc) is 2.88. The molecule has 1 atom stereocenters. The van der Waals surface area contributed by atoms with Crippen molar-refractivity contribution >= 4 is 24.2 Å². The highest BCUT2D eigenvalue weighted by Crippen LogP contribution is 2.37. The van der Waals surface area contributed by atoms with Gasteiger partial charge in [0.1, 0.15) is 11.3 Å². The van der Waals surface area contributed by atoms with Crippen molar-refractivity contribution in [2.45, 2.75) is 64.3 Å². The number of hydrogen-bond donors (Lipinski definition) is 3. The number of amides is 1. The van der Waals surface area contributed by atoms with Crippen LogP contribution in [-0.2, 0) is 13.0 Å². The van der Waals surface area contributed by atoms with E-state index in [2.05, 4.69) is 38.2 Å². The van der Waals surface area contributed by atoms with Gasteiger partial charge in [-0.15, -0.1) is 0 Å². The summed E-state index contributed by atoms with van der Waals surface area (Å²) in [5, 5.41) is 20.1. The molecule has 0 aromatic heterocycles. The first-order valence-electron chi connectivity index (χ1n) is 13.3. The molecule has 0 bridgehead atoms. The van der Waals surface area contributed by atoms with Crippen LogP contribution >= 0.6 is 0 Å². The Morgan fingerprint density at radius 3 is 2.63 bits per heavy atom. The van der Waals surface area contributed by atoms with E-state index in [1.165, 1.54) is 5.56 Å². The Bertz CT molecular complexity index is 1040. The lowest BCUT2D eigenvalue weighted by Gasteiger charge is -2.41. The third kappa shape index (κ3) is 5.48. The third-order valence-corrected chi connectivity index (χ3v) is 8.14. The Balaban J connectivity index is 1.59. The molecule has 0 radical (unpaired) electrons. The molecule has 2 aliphatic rings. The molecule has 6 nitrogen and oxygen atoms in total. The highest BCUT2D eigenvalue weighted by Gasteiger charge is 2.39. The minimum atomic E-state index is -1.52. The Morgan fingerprint density at radius 2 is 1.94 bits per heavy atom. The molecule has 1 amide bonds. The van der Waals surface area contributed by atoms with Crippen LogP contribution in [0, 0.1) is 0 Å². The molecular weight excluding hydrogens is 437 g/mol. The van der Waals surface area contributed by atoms with E-state index in [0.29, 0.717) is 22.4 Å². The van der Waals surface area contributed by atoms with E-state index in [0.717, 1.165) is 93.5 Å². The zero-order chi connectivity index (χ0) is 25.0. The SMILES string of the molecule is CCCCC[N+]1(C)CCCc2c(B(O)O)ccc(C(=O)N3CCC(c4cccc(CN)c4)CC3)c21. The number of quaternary nitrogens is 1. The van der Waals surface area contributed by atoms with Crippen molar-refractivity contribution < 1.29 is 14.8 Å². The molecule has 4 rings (SSSR count). The molecule has 35 heavy (non-hydrogen) atoms. The quantitative estimate of drug-likeness (QED) is 0.309. The maximum atomic E-state index is 13.9. The zero-order valence-electron chi connectivity index (χ0n) is 21.4. The maximum absolute atomic E-state index is 13.9. The number of nitrogens with zero attached hydrogens (tertiary/aromatic N) is 2. The number of hydrogen-bond acceptors (Lipinski definition) is 4. The Morgan fingerprint density at radius 1 is 1.17 bits per heavy atom. The zero-order valence-corrected chi connectivity index (χ0v) is 21.4. The van der Waals surface area contributed by atoms with Crippen molar-refractivity contribution in [2.75, 3.05) is 33.2 Å². The standard InChI is InChI=1S/C28H41BN3O3/c1-3-4-5-17-32(2)18-7-10-24-26(29(34)35)12-11-25(27(24)32)28(33)31-15-13-22(14-16-31)23-9-6-8-21(19-23)20-30/h6,8-9,11-12,19,22,34-35H,3-5,7,10,13-18,20,30H2,1-2H3/q+1. The first kappa shape index (κ1) is 25.9. The summed E-state index contributed by atoms with van der Waals surface area (Å²) in [4.78, 5) is 15.9. The lowest BCUT2D eigenvalue weighted by Crippen LogP contribution is -2.53. The van der Waals surface area contributed by atoms with Gasteiger partial charge < -0.3 is 20.7 Å². The number of fused-ring (bicyclic) bond motifs is 1. The van der Waals surface area contributed by atoms with Gasteiger partial charge >= 0.3 is 7.12 Å². The molecule has 1 saturated heterocycles. The molecular formula is C28H41BN3O3+. The number of benzene rings is 2. The topological polar surface area (TPSA) is 86.8 Å². The van der Waals surface area contributed by atoms with Crippen LogP contribution in [0.4, 0.5) is 5.69 Å². The van der Waals surface area contributed by atoms with E-state index in [1.807, 2.05) is 11.0 Å². The number of piperidine rings is 1. The van der Waals surface area contributed by atoms with Gasteiger partial charge in [-0.1, -0.05) is 43.7 Å². The highest BCUT2D eigenvalue weighted by molar-refractivity contribution is 6.59. The van der Waals surface area contributed by atoms with Gasteiger partial charge in [-0.05, 0) is 60.7 Å². The van der Waals surface area contributed by atoms with E-state index in [-0.39, 0.29) is 5.91 Å². The van der Waals surface area contributed by atoms with Crippen molar-refractivity contribution in [2.24, 2.45) is 5.73 Å². The van der Waals surface area contributed by atoms with Gasteiger partial charge in [-0.25, -0.2) is 0 Å². The van der Waals surface area contributed by atoms with E-state index < -0.39 is 7.12 Å². The fourth-order valence-electron chi connectivity index (χ4n) is 6.16. The van der Waals surface area contributed by atoms with Crippen LogP contribution in [0.5, 0.6) is 0 Å². The summed E-state index contributed by atoms with van der Waals surface area (Å²) in [5.74, 6) is 0.526. The van der Waals surface area contributed by atoms with E-state index in [9.17, 15) is 14.8 Å². The van der Waals surface area contributed by atoms with E-state index >= 15 is 0 Å². The molecule has 0 aliphatic carbocycles. The Hall–Kier alpha value is -2.19. The van der Waals surface area contributed by atoms with E-state index in [4.69, 9.17) is 5.73 Å². The fraction of sp³-hybridized carbons (Fsp3) is 0.536. The van der Waals surface area contributed by atoms with Crippen LogP contribution in [0.2, 0.25) is 0 Å². The number of rotatable bonds is 8. The largest absolute Gasteiger partial charge is 0.488 e. The fourth-order valence-corrected chi connectivity index (χ4v) is 6.16. The second-order valence-electron chi connectivity index (χ2n) is 10.6. The average molecular weight is 478 g/mol. The summed E-state index contributed by atoms with van der Waals surface area (Å²) in [6.07, 6.45) is 7.06. The molecule has 1 unspecified atom stereocenters. The number of unbranched alkanes of at least 4 members (excludes halogenated alkanes) is 2. The summed E-state index contributed by atoms with van der Waals surface area (Å²) in [6.45, 7) is 6.15. The molecule has 2 heterocycles. The third-order valence-electron chi connectivity index (χ3n) is 8.14. The van der Waals surface area contributed by atoms with Crippen molar-refractivity contribution in [3.05, 3.63) is 58.7 Å². The van der Waals surface area contributed by atoms with Gasteiger partial charge in [0.05, 0.1) is 20.1 Å². The maximum Gasteiger partial charge on any atom is 0.488 e. The number of carbonyl (C=O) groups is 1. The molecule has 0 saturated carbocycles. The minimum absolute atomic E-state index is 0.0798. The number of carbonyl (C=O) groups excluding carboxylic acids is 1. The molecule has 0 spiro atoms. The lowest BCUT2D eigenvalue weighted by molar-refractivity contribution is 0.0710. The number of likely N-dealkylation sites (tertiary alicyclic amines) is 1. The summed E-state index contributed by atoms with van der Waals surface area (Å²) >= 11 is 0. The van der Waals surface area contributed by atoms with Crippen molar-refractivity contribution in [1.29, 1.82) is 0 Å². The predicted octanol–water partition coefficient (Wildman–Crippen LogP) is 2.92. The van der Waals surface area contributed by atoms with E-state index in [1.54, 1.807) is 6.07 Å². The first-order valence-corrected chi connectivity index (χ1v) is 13.3. The van der Waals surface area contributed by atoms with Crippen LogP contribution in [0.1, 0.15) is 78.4 Å². The molecule has 188 valence electrons. The lowest BCUT2D eigenvalue weighted by atomic mass is 9.73. The molecule has 2 aromatic carbocycles. The first-order chi connectivity index (χ1) is 16.9. The molecule has 7 heteroatoms. The van der Waals surface area contributed by atoms with Crippen LogP contribution in [-0.4, -0.2) is 61.2 Å². The highest BCUT2D eigenvalue weighted by atomic mass is 16.4. The summed E-state index contributed by atoms with van der Waals surface area (Å²) < 4.78 is 0.694. The van der Waals surface area contributed by atoms with Crippen molar-refractivity contribution in [3.63, 3.8) is 0 Å².